The maximum absolute atomic E-state index is 13.5. The van der Waals surface area contributed by atoms with Gasteiger partial charge in [-0.1, -0.05) is 30.3 Å². The van der Waals surface area contributed by atoms with Gasteiger partial charge in [0.05, 0.1) is 12.3 Å². The predicted octanol–water partition coefficient (Wildman–Crippen LogP) is 5.73. The molecule has 0 N–H and O–H groups in total. The highest BCUT2D eigenvalue weighted by Crippen LogP contribution is 2.34. The van der Waals surface area contributed by atoms with Gasteiger partial charge in [-0.2, -0.15) is 0 Å². The van der Waals surface area contributed by atoms with Crippen LogP contribution in [-0.2, 0) is 5.11 Å². The Bertz CT molecular complexity index is 888. The number of nitrogens with zero attached hydrogens (tertiary/aromatic N) is 1. The SMILES string of the molecule is CCOc1ccc(C([O])c2cccc(Oc3ccccc3)n2)c(C(F)F)c1. The van der Waals surface area contributed by atoms with Gasteiger partial charge >= 0.3 is 0 Å². The molecule has 1 atom stereocenters. The zero-order chi connectivity index (χ0) is 19.2. The van der Waals surface area contributed by atoms with Crippen molar-refractivity contribution < 1.29 is 23.4 Å². The van der Waals surface area contributed by atoms with Crippen LogP contribution in [0.3, 0.4) is 0 Å². The Kier molecular flexibility index (Phi) is 5.98. The molecule has 6 heteroatoms. The fourth-order valence-electron chi connectivity index (χ4n) is 2.64. The number of alkyl halides is 2. The summed E-state index contributed by atoms with van der Waals surface area (Å²) in [4.78, 5) is 4.19. The molecule has 1 unspecified atom stereocenters. The van der Waals surface area contributed by atoms with Gasteiger partial charge in [-0.25, -0.2) is 18.9 Å². The normalized spacial score (nSPS) is 12.0. The topological polar surface area (TPSA) is 51.2 Å². The Balaban J connectivity index is 1.89. The summed E-state index contributed by atoms with van der Waals surface area (Å²) >= 11 is 0. The standard InChI is InChI=1S/C21H18F2NO3/c1-2-26-15-11-12-16(17(13-15)21(22)23)20(25)18-9-6-10-19(24-18)27-14-7-4-3-5-8-14/h3-13,20-21H,2H2,1H3. The molecule has 0 aliphatic rings. The first-order valence-electron chi connectivity index (χ1n) is 8.49. The third kappa shape index (κ3) is 4.60. The number of pyridine rings is 1. The van der Waals surface area contributed by atoms with Gasteiger partial charge in [-0.3, -0.25) is 0 Å². The van der Waals surface area contributed by atoms with Crippen molar-refractivity contribution in [2.45, 2.75) is 19.5 Å². The van der Waals surface area contributed by atoms with E-state index in [0.29, 0.717) is 18.1 Å². The minimum absolute atomic E-state index is 0.0298. The van der Waals surface area contributed by atoms with Crippen molar-refractivity contribution in [3.63, 3.8) is 0 Å². The lowest BCUT2D eigenvalue weighted by atomic mass is 9.99. The Morgan fingerprint density at radius 2 is 1.70 bits per heavy atom. The lowest BCUT2D eigenvalue weighted by Gasteiger charge is -2.15. The molecule has 0 spiro atoms. The summed E-state index contributed by atoms with van der Waals surface area (Å²) in [5.41, 5.74) is -0.274. The number of hydrogen-bond acceptors (Lipinski definition) is 3. The molecular formula is C21H18F2NO3. The molecule has 3 aromatic rings. The van der Waals surface area contributed by atoms with Crippen LogP contribution in [-0.4, -0.2) is 11.6 Å². The largest absolute Gasteiger partial charge is 0.494 e. The molecule has 0 fully saturated rings. The predicted molar refractivity (Wildman–Crippen MR) is 95.9 cm³/mol. The van der Waals surface area contributed by atoms with E-state index in [2.05, 4.69) is 4.98 Å². The molecule has 27 heavy (non-hydrogen) atoms. The number of rotatable bonds is 7. The van der Waals surface area contributed by atoms with Crippen molar-refractivity contribution in [2.24, 2.45) is 0 Å². The van der Waals surface area contributed by atoms with Crippen LogP contribution in [0.2, 0.25) is 0 Å². The van der Waals surface area contributed by atoms with Gasteiger partial charge in [0, 0.05) is 11.6 Å². The third-order valence-electron chi connectivity index (χ3n) is 3.87. The van der Waals surface area contributed by atoms with E-state index < -0.39 is 12.5 Å². The molecule has 1 heterocycles. The van der Waals surface area contributed by atoms with Crippen LogP contribution in [0.4, 0.5) is 8.78 Å². The number of benzene rings is 2. The van der Waals surface area contributed by atoms with Crippen LogP contribution in [0.25, 0.3) is 0 Å². The van der Waals surface area contributed by atoms with Gasteiger partial charge in [0.15, 0.2) is 6.10 Å². The van der Waals surface area contributed by atoms with Gasteiger partial charge in [0.1, 0.15) is 11.5 Å². The number of hydrogen-bond donors (Lipinski definition) is 0. The number of ether oxygens (including phenoxy) is 2. The second-order valence-corrected chi connectivity index (χ2v) is 5.72. The quantitative estimate of drug-likeness (QED) is 0.534. The minimum atomic E-state index is -2.79. The van der Waals surface area contributed by atoms with E-state index in [-0.39, 0.29) is 22.7 Å². The maximum Gasteiger partial charge on any atom is 0.264 e. The zero-order valence-corrected chi connectivity index (χ0v) is 14.6. The molecule has 0 saturated carbocycles. The van der Waals surface area contributed by atoms with E-state index in [9.17, 15) is 13.9 Å². The lowest BCUT2D eigenvalue weighted by Crippen LogP contribution is -2.06. The fraction of sp³-hybridized carbons (Fsp3) is 0.190. The molecule has 0 bridgehead atoms. The van der Waals surface area contributed by atoms with E-state index in [0.717, 1.165) is 0 Å². The van der Waals surface area contributed by atoms with E-state index in [1.54, 1.807) is 31.2 Å². The Morgan fingerprint density at radius 3 is 2.41 bits per heavy atom. The number of halogens is 2. The van der Waals surface area contributed by atoms with Crippen molar-refractivity contribution in [2.75, 3.05) is 6.61 Å². The first-order valence-corrected chi connectivity index (χ1v) is 8.49. The van der Waals surface area contributed by atoms with Crippen LogP contribution in [0.1, 0.15) is 36.3 Å². The second-order valence-electron chi connectivity index (χ2n) is 5.72. The van der Waals surface area contributed by atoms with Gasteiger partial charge in [0.25, 0.3) is 6.43 Å². The van der Waals surface area contributed by atoms with E-state index in [4.69, 9.17) is 9.47 Å². The maximum atomic E-state index is 13.5. The first kappa shape index (κ1) is 18.8. The smallest absolute Gasteiger partial charge is 0.264 e. The summed E-state index contributed by atoms with van der Waals surface area (Å²) in [5.74, 6) is 1.10. The zero-order valence-electron chi connectivity index (χ0n) is 14.6. The molecule has 4 nitrogen and oxygen atoms in total. The Labute approximate surface area is 156 Å². The molecule has 139 valence electrons. The Morgan fingerprint density at radius 1 is 0.926 bits per heavy atom. The minimum Gasteiger partial charge on any atom is -0.494 e. The monoisotopic (exact) mass is 370 g/mol. The van der Waals surface area contributed by atoms with E-state index >= 15 is 0 Å². The summed E-state index contributed by atoms with van der Waals surface area (Å²) < 4.78 is 37.8. The number of para-hydroxylation sites is 1. The van der Waals surface area contributed by atoms with Crippen LogP contribution < -0.4 is 9.47 Å². The Hall–Kier alpha value is -2.99. The number of aromatic nitrogens is 1. The van der Waals surface area contributed by atoms with Gasteiger partial charge in [0.2, 0.25) is 5.88 Å². The summed E-state index contributed by atoms with van der Waals surface area (Å²) in [6.07, 6.45) is -4.36. The highest BCUT2D eigenvalue weighted by atomic mass is 19.3. The van der Waals surface area contributed by atoms with Crippen molar-refractivity contribution in [3.05, 3.63) is 83.6 Å². The molecule has 0 amide bonds. The van der Waals surface area contributed by atoms with Gasteiger partial charge in [-0.15, -0.1) is 0 Å². The molecule has 0 aliphatic heterocycles. The first-order chi connectivity index (χ1) is 13.1. The summed E-state index contributed by atoms with van der Waals surface area (Å²) in [6.45, 7) is 2.11. The molecular weight excluding hydrogens is 352 g/mol. The van der Waals surface area contributed by atoms with Crippen LogP contribution >= 0.6 is 0 Å². The molecule has 3 rings (SSSR count). The average Bonchev–Trinajstić information content (AvgIpc) is 2.68. The fourth-order valence-corrected chi connectivity index (χ4v) is 2.64. The van der Waals surface area contributed by atoms with E-state index in [1.807, 2.05) is 18.2 Å². The van der Waals surface area contributed by atoms with Crippen LogP contribution in [0, 0.1) is 0 Å². The molecule has 2 aromatic carbocycles. The highest BCUT2D eigenvalue weighted by Gasteiger charge is 2.23. The summed E-state index contributed by atoms with van der Waals surface area (Å²) in [5, 5.41) is 12.8. The van der Waals surface area contributed by atoms with Crippen LogP contribution in [0.5, 0.6) is 17.4 Å². The van der Waals surface area contributed by atoms with Crippen molar-refractivity contribution in [1.29, 1.82) is 0 Å². The molecule has 1 aromatic heterocycles. The second kappa shape index (κ2) is 8.60. The van der Waals surface area contributed by atoms with Crippen molar-refractivity contribution in [3.8, 4) is 17.4 Å². The average molecular weight is 370 g/mol. The van der Waals surface area contributed by atoms with Gasteiger partial charge < -0.3 is 9.47 Å². The molecule has 0 saturated heterocycles. The summed E-state index contributed by atoms with van der Waals surface area (Å²) in [6, 6.07) is 17.8. The van der Waals surface area contributed by atoms with Crippen molar-refractivity contribution >= 4 is 0 Å². The van der Waals surface area contributed by atoms with Gasteiger partial charge in [-0.05, 0) is 42.8 Å². The van der Waals surface area contributed by atoms with Crippen LogP contribution in [0.15, 0.2) is 66.7 Å². The summed E-state index contributed by atoms with van der Waals surface area (Å²) in [7, 11) is 0. The van der Waals surface area contributed by atoms with E-state index in [1.165, 1.54) is 24.3 Å². The highest BCUT2D eigenvalue weighted by molar-refractivity contribution is 5.41. The van der Waals surface area contributed by atoms with Crippen molar-refractivity contribution in [1.82, 2.24) is 4.98 Å². The lowest BCUT2D eigenvalue weighted by molar-refractivity contribution is 0.108. The molecule has 1 radical (unpaired) electrons. The molecule has 0 aliphatic carbocycles. The third-order valence-corrected chi connectivity index (χ3v) is 3.87.